The lowest BCUT2D eigenvalue weighted by Gasteiger charge is -2.09. The van der Waals surface area contributed by atoms with Crippen LogP contribution in [0.2, 0.25) is 0 Å². The van der Waals surface area contributed by atoms with Gasteiger partial charge in [-0.15, -0.1) is 23.4 Å². The number of ether oxygens (including phenoxy) is 2. The molecule has 8 heteroatoms. The van der Waals surface area contributed by atoms with Crippen LogP contribution in [0.4, 0.5) is 5.69 Å². The molecule has 0 unspecified atom stereocenters. The van der Waals surface area contributed by atoms with Crippen LogP contribution in [0.1, 0.15) is 18.3 Å². The number of thioether (sulfide) groups is 1. The van der Waals surface area contributed by atoms with Gasteiger partial charge < -0.3 is 14.8 Å². The van der Waals surface area contributed by atoms with Crippen molar-refractivity contribution >= 4 is 23.4 Å². The van der Waals surface area contributed by atoms with Crippen molar-refractivity contribution in [3.63, 3.8) is 0 Å². The Morgan fingerprint density at radius 3 is 2.52 bits per heavy atom. The van der Waals surface area contributed by atoms with Gasteiger partial charge in [-0.2, -0.15) is 0 Å². The molecule has 1 aromatic heterocycles. The Bertz CT molecular complexity index is 1000. The van der Waals surface area contributed by atoms with E-state index in [0.29, 0.717) is 24.6 Å². The molecule has 2 aromatic carbocycles. The number of carbonyl (C=O) groups excluding carboxylic acids is 1. The smallest absolute Gasteiger partial charge is 0.230 e. The highest BCUT2D eigenvalue weighted by molar-refractivity contribution is 7.98. The summed E-state index contributed by atoms with van der Waals surface area (Å²) in [6.07, 6.45) is 1.91. The molecule has 0 atom stereocenters. The standard InChI is InChI=1S/C23H26N4O3S/c1-4-14-27-22(15-23(28)24-17-6-8-19(9-7-17)30-5-2)21(25-26-27)16-31-20-12-10-18(29-3)11-13-20/h4,6-13H,1,5,14-16H2,2-3H3,(H,24,28). The number of nitrogens with one attached hydrogen (secondary N) is 1. The van der Waals surface area contributed by atoms with Gasteiger partial charge in [0.25, 0.3) is 0 Å². The molecule has 0 aliphatic carbocycles. The van der Waals surface area contributed by atoms with Gasteiger partial charge in [-0.25, -0.2) is 4.68 Å². The van der Waals surface area contributed by atoms with Crippen LogP contribution < -0.4 is 14.8 Å². The number of carbonyl (C=O) groups is 1. The van der Waals surface area contributed by atoms with Gasteiger partial charge in [0, 0.05) is 16.3 Å². The zero-order valence-corrected chi connectivity index (χ0v) is 18.5. The molecule has 0 aliphatic heterocycles. The van der Waals surface area contributed by atoms with E-state index in [9.17, 15) is 4.79 Å². The number of aromatic nitrogens is 3. The van der Waals surface area contributed by atoms with Crippen LogP contribution >= 0.6 is 11.8 Å². The minimum Gasteiger partial charge on any atom is -0.497 e. The molecule has 0 fully saturated rings. The lowest BCUT2D eigenvalue weighted by molar-refractivity contribution is -0.115. The molecule has 0 saturated heterocycles. The lowest BCUT2D eigenvalue weighted by atomic mass is 10.2. The zero-order chi connectivity index (χ0) is 22.1. The number of allylic oxidation sites excluding steroid dienone is 1. The Morgan fingerprint density at radius 1 is 1.16 bits per heavy atom. The van der Waals surface area contributed by atoms with Crippen molar-refractivity contribution in [1.29, 1.82) is 0 Å². The second kappa shape index (κ2) is 11.2. The summed E-state index contributed by atoms with van der Waals surface area (Å²) in [5.41, 5.74) is 2.28. The Hall–Kier alpha value is -3.26. The van der Waals surface area contributed by atoms with E-state index in [1.54, 1.807) is 29.6 Å². The number of benzene rings is 2. The minimum atomic E-state index is -0.132. The molecule has 1 heterocycles. The second-order valence-corrected chi connectivity index (χ2v) is 7.65. The Kier molecular flexibility index (Phi) is 8.12. The first-order valence-corrected chi connectivity index (χ1v) is 10.9. The Labute approximate surface area is 186 Å². The summed E-state index contributed by atoms with van der Waals surface area (Å²) >= 11 is 1.63. The maximum Gasteiger partial charge on any atom is 0.230 e. The first-order valence-electron chi connectivity index (χ1n) is 9.94. The Morgan fingerprint density at radius 2 is 1.87 bits per heavy atom. The van der Waals surface area contributed by atoms with E-state index in [2.05, 4.69) is 22.2 Å². The van der Waals surface area contributed by atoms with Crippen LogP contribution in [0.3, 0.4) is 0 Å². The molecule has 0 spiro atoms. The summed E-state index contributed by atoms with van der Waals surface area (Å²) < 4.78 is 12.3. The molecule has 0 bridgehead atoms. The monoisotopic (exact) mass is 438 g/mol. The van der Waals surface area contributed by atoms with Gasteiger partial charge >= 0.3 is 0 Å². The van der Waals surface area contributed by atoms with E-state index in [0.717, 1.165) is 27.8 Å². The second-order valence-electron chi connectivity index (χ2n) is 6.60. The van der Waals surface area contributed by atoms with E-state index in [-0.39, 0.29) is 12.3 Å². The molecule has 162 valence electrons. The van der Waals surface area contributed by atoms with Crippen molar-refractivity contribution in [2.45, 2.75) is 30.5 Å². The van der Waals surface area contributed by atoms with Crippen molar-refractivity contribution in [2.24, 2.45) is 0 Å². The van der Waals surface area contributed by atoms with Gasteiger partial charge in [0.05, 0.1) is 38.1 Å². The molecule has 0 saturated carbocycles. The van der Waals surface area contributed by atoms with Crippen LogP contribution in [0.5, 0.6) is 11.5 Å². The summed E-state index contributed by atoms with van der Waals surface area (Å²) in [5, 5.41) is 11.4. The molecule has 7 nitrogen and oxygen atoms in total. The van der Waals surface area contributed by atoms with Gasteiger partial charge in [0.15, 0.2) is 0 Å². The molecular weight excluding hydrogens is 412 g/mol. The van der Waals surface area contributed by atoms with Crippen LogP contribution in [-0.4, -0.2) is 34.6 Å². The molecule has 31 heavy (non-hydrogen) atoms. The Balaban J connectivity index is 1.67. The predicted molar refractivity (Wildman–Crippen MR) is 123 cm³/mol. The summed E-state index contributed by atoms with van der Waals surface area (Å²) in [5.74, 6) is 2.06. The molecule has 1 amide bonds. The maximum atomic E-state index is 12.7. The number of nitrogens with zero attached hydrogens (tertiary/aromatic N) is 3. The SMILES string of the molecule is C=CCn1nnc(CSc2ccc(OC)cc2)c1CC(=O)Nc1ccc(OCC)cc1. The van der Waals surface area contributed by atoms with E-state index in [1.807, 2.05) is 55.5 Å². The van der Waals surface area contributed by atoms with E-state index < -0.39 is 0 Å². The number of hydrogen-bond donors (Lipinski definition) is 1. The molecular formula is C23H26N4O3S. The highest BCUT2D eigenvalue weighted by Crippen LogP contribution is 2.26. The molecule has 1 N–H and O–H groups in total. The minimum absolute atomic E-state index is 0.132. The number of hydrogen-bond acceptors (Lipinski definition) is 6. The highest BCUT2D eigenvalue weighted by Gasteiger charge is 2.16. The quantitative estimate of drug-likeness (QED) is 0.354. The first-order chi connectivity index (χ1) is 15.1. The molecule has 0 radical (unpaired) electrons. The van der Waals surface area contributed by atoms with E-state index in [1.165, 1.54) is 0 Å². The fourth-order valence-corrected chi connectivity index (χ4v) is 3.78. The average Bonchev–Trinajstić information content (AvgIpc) is 3.15. The van der Waals surface area contributed by atoms with Crippen LogP contribution in [0.15, 0.2) is 66.1 Å². The third-order valence-corrected chi connectivity index (χ3v) is 5.46. The van der Waals surface area contributed by atoms with Crippen molar-refractivity contribution in [3.05, 3.63) is 72.6 Å². The number of amides is 1. The van der Waals surface area contributed by atoms with Crippen LogP contribution in [0, 0.1) is 0 Å². The topological polar surface area (TPSA) is 78.3 Å². The number of anilines is 1. The fourth-order valence-electron chi connectivity index (χ4n) is 2.93. The number of methoxy groups -OCH3 is 1. The first kappa shape index (κ1) is 22.4. The van der Waals surface area contributed by atoms with Crippen molar-refractivity contribution in [3.8, 4) is 11.5 Å². The van der Waals surface area contributed by atoms with Crippen LogP contribution in [0.25, 0.3) is 0 Å². The normalized spacial score (nSPS) is 10.5. The molecule has 0 aliphatic rings. The largest absolute Gasteiger partial charge is 0.497 e. The van der Waals surface area contributed by atoms with Gasteiger partial charge in [-0.1, -0.05) is 11.3 Å². The van der Waals surface area contributed by atoms with Crippen LogP contribution in [-0.2, 0) is 23.5 Å². The number of rotatable bonds is 11. The summed E-state index contributed by atoms with van der Waals surface area (Å²) in [4.78, 5) is 13.8. The van der Waals surface area contributed by atoms with Gasteiger partial charge in [-0.05, 0) is 55.5 Å². The molecule has 3 rings (SSSR count). The maximum absolute atomic E-state index is 12.7. The van der Waals surface area contributed by atoms with Crippen molar-refractivity contribution in [2.75, 3.05) is 19.0 Å². The highest BCUT2D eigenvalue weighted by atomic mass is 32.2. The van der Waals surface area contributed by atoms with Gasteiger partial charge in [0.1, 0.15) is 11.5 Å². The lowest BCUT2D eigenvalue weighted by Crippen LogP contribution is -2.18. The van der Waals surface area contributed by atoms with Gasteiger partial charge in [0.2, 0.25) is 5.91 Å². The molecule has 3 aromatic rings. The third kappa shape index (κ3) is 6.36. The van der Waals surface area contributed by atoms with E-state index >= 15 is 0 Å². The van der Waals surface area contributed by atoms with Gasteiger partial charge in [-0.3, -0.25) is 4.79 Å². The zero-order valence-electron chi connectivity index (χ0n) is 17.7. The third-order valence-electron chi connectivity index (χ3n) is 4.43. The predicted octanol–water partition coefficient (Wildman–Crippen LogP) is 4.34. The summed E-state index contributed by atoms with van der Waals surface area (Å²) in [7, 11) is 1.64. The van der Waals surface area contributed by atoms with E-state index in [4.69, 9.17) is 9.47 Å². The summed E-state index contributed by atoms with van der Waals surface area (Å²) in [6, 6.07) is 15.1. The van der Waals surface area contributed by atoms with Crippen molar-refractivity contribution < 1.29 is 14.3 Å². The van der Waals surface area contributed by atoms with Crippen molar-refractivity contribution in [1.82, 2.24) is 15.0 Å². The average molecular weight is 439 g/mol. The fraction of sp³-hybridized carbons (Fsp3) is 0.261. The summed E-state index contributed by atoms with van der Waals surface area (Å²) in [6.45, 7) is 6.79.